The maximum Gasteiger partial charge on any atom is 0.347 e. The van der Waals surface area contributed by atoms with Gasteiger partial charge in [-0.25, -0.2) is 0 Å². The highest BCUT2D eigenvalue weighted by molar-refractivity contribution is 7.54. The highest BCUT2D eigenvalue weighted by Gasteiger charge is 2.35. The predicted octanol–water partition coefficient (Wildman–Crippen LogP) is 3.00. The minimum absolute atomic E-state index is 0.264. The van der Waals surface area contributed by atoms with Gasteiger partial charge in [-0.2, -0.15) is 0 Å². The molecule has 0 fully saturated rings. The number of benzene rings is 1. The average molecular weight is 368 g/mol. The van der Waals surface area contributed by atoms with Crippen LogP contribution in [0.25, 0.3) is 0 Å². The van der Waals surface area contributed by atoms with Crippen LogP contribution in [0.4, 0.5) is 0 Å². The van der Waals surface area contributed by atoms with Crippen LogP contribution in [0.15, 0.2) is 24.3 Å². The topological polar surface area (TPSA) is 98.9 Å². The van der Waals surface area contributed by atoms with E-state index in [2.05, 4.69) is 0 Å². The molecule has 0 bridgehead atoms. The first-order chi connectivity index (χ1) is 11.9. The van der Waals surface area contributed by atoms with Gasteiger partial charge in [0.05, 0.1) is 24.3 Å². The van der Waals surface area contributed by atoms with Crippen LogP contribution in [0.5, 0.6) is 0 Å². The summed E-state index contributed by atoms with van der Waals surface area (Å²) >= 11 is 0. The van der Waals surface area contributed by atoms with E-state index in [1.807, 2.05) is 0 Å². The Labute approximate surface area is 148 Å². The summed E-state index contributed by atoms with van der Waals surface area (Å²) in [6, 6.07) is 6.80. The summed E-state index contributed by atoms with van der Waals surface area (Å²) in [7, 11) is -3.32. The normalized spacial score (nSPS) is 15.6. The zero-order valence-corrected chi connectivity index (χ0v) is 15.5. The Morgan fingerprint density at radius 1 is 1.04 bits per heavy atom. The fourth-order valence-electron chi connectivity index (χ4n) is 2.81. The first kappa shape index (κ1) is 19.8. The van der Waals surface area contributed by atoms with E-state index in [0.29, 0.717) is 36.9 Å². The Hall–Kier alpha value is -1.53. The van der Waals surface area contributed by atoms with Crippen molar-refractivity contribution in [3.05, 3.63) is 35.4 Å². The van der Waals surface area contributed by atoms with Gasteiger partial charge in [0.15, 0.2) is 0 Å². The number of carbonyl (C=O) groups excluding carboxylic acids is 2. The number of hydrogen-bond acceptors (Lipinski definition) is 6. The van der Waals surface area contributed by atoms with Crippen molar-refractivity contribution in [3.63, 3.8) is 0 Å². The molecule has 1 aromatic carbocycles. The maximum absolute atomic E-state index is 12.5. The van der Waals surface area contributed by atoms with Gasteiger partial charge in [-0.3, -0.25) is 19.1 Å². The minimum atomic E-state index is -3.32. The molecule has 2 rings (SSSR count). The fraction of sp³-hybridized carbons (Fsp3) is 0.529. The van der Waals surface area contributed by atoms with Crippen LogP contribution in [0.1, 0.15) is 53.8 Å². The van der Waals surface area contributed by atoms with Crippen molar-refractivity contribution in [2.45, 2.75) is 38.9 Å². The van der Waals surface area contributed by atoms with Crippen molar-refractivity contribution in [1.29, 1.82) is 0 Å². The third-order valence-corrected chi connectivity index (χ3v) is 6.34. The molecule has 1 atom stereocenters. The van der Waals surface area contributed by atoms with Crippen molar-refractivity contribution >= 4 is 19.4 Å². The van der Waals surface area contributed by atoms with Crippen LogP contribution in [-0.2, 0) is 13.6 Å². The number of nitrogens with zero attached hydrogens (tertiary/aromatic N) is 1. The summed E-state index contributed by atoms with van der Waals surface area (Å²) in [6.07, 6.45) is 1.62. The van der Waals surface area contributed by atoms with Crippen molar-refractivity contribution in [2.24, 2.45) is 5.73 Å². The molecule has 1 heterocycles. The van der Waals surface area contributed by atoms with Gasteiger partial charge in [-0.1, -0.05) is 12.1 Å². The lowest BCUT2D eigenvalue weighted by atomic mass is 10.1. The van der Waals surface area contributed by atoms with E-state index in [1.54, 1.807) is 38.1 Å². The molecule has 138 valence electrons. The number of hydrogen-bond donors (Lipinski definition) is 1. The molecular weight excluding hydrogens is 343 g/mol. The molecule has 1 unspecified atom stereocenters. The molecule has 0 aromatic heterocycles. The van der Waals surface area contributed by atoms with E-state index < -0.39 is 13.4 Å². The van der Waals surface area contributed by atoms with Gasteiger partial charge in [0.1, 0.15) is 5.78 Å². The first-order valence-corrected chi connectivity index (χ1v) is 10.1. The van der Waals surface area contributed by atoms with Gasteiger partial charge in [0.2, 0.25) is 0 Å². The molecule has 1 aromatic rings. The lowest BCUT2D eigenvalue weighted by molar-refractivity contribution is 0.0651. The van der Waals surface area contributed by atoms with E-state index >= 15 is 0 Å². The van der Waals surface area contributed by atoms with Crippen LogP contribution in [-0.4, -0.2) is 42.3 Å². The second-order valence-corrected chi connectivity index (χ2v) is 8.01. The number of fused-ring (bicyclic) bond motifs is 1. The monoisotopic (exact) mass is 368 g/mol. The summed E-state index contributed by atoms with van der Waals surface area (Å²) in [5, 5.41) is 0. The fourth-order valence-corrected chi connectivity index (χ4v) is 4.49. The number of imide groups is 1. The Morgan fingerprint density at radius 3 is 2.04 bits per heavy atom. The van der Waals surface area contributed by atoms with Crippen LogP contribution >= 0.6 is 7.60 Å². The molecule has 8 heteroatoms. The molecule has 1 aliphatic heterocycles. The molecule has 2 N–H and O–H groups in total. The van der Waals surface area contributed by atoms with Crippen LogP contribution in [0.3, 0.4) is 0 Å². The van der Waals surface area contributed by atoms with Gasteiger partial charge >= 0.3 is 7.60 Å². The van der Waals surface area contributed by atoms with E-state index in [9.17, 15) is 14.2 Å². The Morgan fingerprint density at radius 2 is 1.56 bits per heavy atom. The van der Waals surface area contributed by atoms with Gasteiger partial charge in [0.25, 0.3) is 11.8 Å². The van der Waals surface area contributed by atoms with E-state index in [0.717, 1.165) is 0 Å². The predicted molar refractivity (Wildman–Crippen MR) is 94.5 cm³/mol. The number of amides is 2. The van der Waals surface area contributed by atoms with Crippen molar-refractivity contribution in [3.8, 4) is 0 Å². The summed E-state index contributed by atoms with van der Waals surface area (Å²) in [5.41, 5.74) is 6.87. The lowest BCUT2D eigenvalue weighted by Gasteiger charge is -2.23. The van der Waals surface area contributed by atoms with Gasteiger partial charge in [0, 0.05) is 6.54 Å². The zero-order chi connectivity index (χ0) is 18.4. The van der Waals surface area contributed by atoms with E-state index in [4.69, 9.17) is 14.8 Å². The number of unbranched alkanes of at least 4 members (excludes halogenated alkanes) is 1. The number of rotatable bonds is 10. The Bertz CT molecular complexity index is 634. The zero-order valence-electron chi connectivity index (χ0n) is 14.6. The first-order valence-electron chi connectivity index (χ1n) is 8.54. The lowest BCUT2D eigenvalue weighted by Crippen LogP contribution is -2.31. The largest absolute Gasteiger partial charge is 0.347 e. The Kier molecular flexibility index (Phi) is 6.90. The quantitative estimate of drug-likeness (QED) is 0.387. The third kappa shape index (κ3) is 4.36. The molecule has 2 amide bonds. The standard InChI is InChI=1S/C17H25N2O5P/c1-3-23-25(22,24-4-2)15(18)11-7-8-12-19-16(20)13-9-5-6-10-14(13)17(19)21/h5-6,9-10,15H,3-4,7-8,11-12,18H2,1-2H3. The highest BCUT2D eigenvalue weighted by atomic mass is 31.2. The maximum atomic E-state index is 12.5. The van der Waals surface area contributed by atoms with Crippen molar-refractivity contribution in [2.75, 3.05) is 19.8 Å². The molecule has 0 spiro atoms. The second kappa shape index (κ2) is 8.72. The third-order valence-electron chi connectivity index (χ3n) is 4.03. The molecule has 0 saturated heterocycles. The summed E-state index contributed by atoms with van der Waals surface area (Å²) in [4.78, 5) is 25.8. The number of carbonyl (C=O) groups is 2. The summed E-state index contributed by atoms with van der Waals surface area (Å²) < 4.78 is 23.0. The second-order valence-electron chi connectivity index (χ2n) is 5.75. The van der Waals surface area contributed by atoms with Crippen LogP contribution in [0.2, 0.25) is 0 Å². The molecule has 25 heavy (non-hydrogen) atoms. The molecule has 0 saturated carbocycles. The Balaban J connectivity index is 1.85. The molecule has 0 radical (unpaired) electrons. The molecule has 0 aliphatic carbocycles. The van der Waals surface area contributed by atoms with Gasteiger partial charge in [-0.15, -0.1) is 0 Å². The molecular formula is C17H25N2O5P. The van der Waals surface area contributed by atoms with E-state index in [1.165, 1.54) is 4.90 Å². The summed E-state index contributed by atoms with van der Waals surface area (Å²) in [5.74, 6) is -1.24. The van der Waals surface area contributed by atoms with Crippen LogP contribution < -0.4 is 5.73 Å². The van der Waals surface area contributed by atoms with Crippen LogP contribution in [0, 0.1) is 0 Å². The average Bonchev–Trinajstić information content (AvgIpc) is 2.84. The molecule has 7 nitrogen and oxygen atoms in total. The van der Waals surface area contributed by atoms with Crippen molar-refractivity contribution in [1.82, 2.24) is 4.90 Å². The SMILES string of the molecule is CCOP(=O)(OCC)C(N)CCCCN1C(=O)c2ccccc2C1=O. The van der Waals surface area contributed by atoms with E-state index in [-0.39, 0.29) is 25.0 Å². The van der Waals surface area contributed by atoms with Crippen molar-refractivity contribution < 1.29 is 23.2 Å². The minimum Gasteiger partial charge on any atom is -0.318 e. The van der Waals surface area contributed by atoms with Gasteiger partial charge in [-0.05, 0) is 45.2 Å². The molecule has 1 aliphatic rings. The highest BCUT2D eigenvalue weighted by Crippen LogP contribution is 2.52. The smallest absolute Gasteiger partial charge is 0.318 e. The van der Waals surface area contributed by atoms with Gasteiger partial charge < -0.3 is 14.8 Å². The summed E-state index contributed by atoms with van der Waals surface area (Å²) in [6.45, 7) is 4.31. The number of nitrogens with two attached hydrogens (primary N) is 1.